The van der Waals surface area contributed by atoms with E-state index in [1.807, 2.05) is 6.07 Å². The number of hydrogen-bond donors (Lipinski definition) is 2. The van der Waals surface area contributed by atoms with Gasteiger partial charge in [0.25, 0.3) is 6.43 Å². The molecule has 2 atom stereocenters. The second kappa shape index (κ2) is 8.05. The fourth-order valence-electron chi connectivity index (χ4n) is 2.89. The highest BCUT2D eigenvalue weighted by molar-refractivity contribution is 5.79. The Labute approximate surface area is 154 Å². The summed E-state index contributed by atoms with van der Waals surface area (Å²) in [5.41, 5.74) is 0.713. The molecule has 2 heterocycles. The van der Waals surface area contributed by atoms with Gasteiger partial charge in [-0.25, -0.2) is 8.78 Å². The number of nitriles is 1. The first-order valence-corrected chi connectivity index (χ1v) is 8.29. The molecular formula is C18H17F2N5O2. The van der Waals surface area contributed by atoms with Crippen LogP contribution < -0.4 is 10.2 Å². The third kappa shape index (κ3) is 4.54. The maximum absolute atomic E-state index is 12.6. The zero-order chi connectivity index (χ0) is 19.4. The van der Waals surface area contributed by atoms with E-state index in [0.717, 1.165) is 0 Å². The Bertz CT molecular complexity index is 836. The summed E-state index contributed by atoms with van der Waals surface area (Å²) in [5, 5.41) is 29.4. The van der Waals surface area contributed by atoms with Crippen molar-refractivity contribution in [3.8, 4) is 6.07 Å². The Morgan fingerprint density at radius 1 is 1.26 bits per heavy atom. The number of β-amino-alcohol motifs (C(OH)–C–C–N with tert-alkyl or cyclic N) is 1. The van der Waals surface area contributed by atoms with Crippen LogP contribution in [0.25, 0.3) is 0 Å². The van der Waals surface area contributed by atoms with Crippen LogP contribution in [0.1, 0.15) is 23.2 Å². The minimum Gasteiger partial charge on any atom is -0.389 e. The number of amides is 1. The van der Waals surface area contributed by atoms with Crippen molar-refractivity contribution in [1.82, 2.24) is 15.5 Å². The van der Waals surface area contributed by atoms with E-state index in [4.69, 9.17) is 5.26 Å². The summed E-state index contributed by atoms with van der Waals surface area (Å²) < 4.78 is 25.1. The Kier molecular flexibility index (Phi) is 5.57. The van der Waals surface area contributed by atoms with Crippen molar-refractivity contribution in [2.24, 2.45) is 0 Å². The molecule has 1 saturated heterocycles. The minimum atomic E-state index is -2.54. The highest BCUT2D eigenvalue weighted by Gasteiger charge is 2.33. The molecule has 1 aromatic carbocycles. The van der Waals surface area contributed by atoms with E-state index in [0.29, 0.717) is 17.9 Å². The number of carbonyl (C=O) groups excluding carboxylic acids is 1. The number of nitrogens with zero attached hydrogens (tertiary/aromatic N) is 4. The predicted octanol–water partition coefficient (Wildman–Crippen LogP) is 1.19. The molecule has 0 aliphatic carbocycles. The molecule has 7 nitrogen and oxygen atoms in total. The molecule has 140 valence electrons. The molecule has 0 unspecified atom stereocenters. The largest absolute Gasteiger partial charge is 0.389 e. The summed E-state index contributed by atoms with van der Waals surface area (Å²) in [6, 6.07) is 10.1. The molecule has 1 aromatic heterocycles. The third-order valence-corrected chi connectivity index (χ3v) is 4.32. The Morgan fingerprint density at radius 3 is 2.59 bits per heavy atom. The highest BCUT2D eigenvalue weighted by Crippen LogP contribution is 2.20. The van der Waals surface area contributed by atoms with Crippen molar-refractivity contribution in [1.29, 1.82) is 5.26 Å². The van der Waals surface area contributed by atoms with Gasteiger partial charge >= 0.3 is 0 Å². The van der Waals surface area contributed by atoms with Crippen LogP contribution in [0.5, 0.6) is 0 Å². The third-order valence-electron chi connectivity index (χ3n) is 4.32. The number of carbonyl (C=O) groups is 1. The van der Waals surface area contributed by atoms with Crippen LogP contribution in [-0.2, 0) is 11.2 Å². The quantitative estimate of drug-likeness (QED) is 0.816. The van der Waals surface area contributed by atoms with Crippen LogP contribution >= 0.6 is 0 Å². The maximum atomic E-state index is 12.6. The first-order valence-electron chi connectivity index (χ1n) is 8.29. The molecule has 2 N–H and O–H groups in total. The average Bonchev–Trinajstić information content (AvgIpc) is 3.02. The molecule has 27 heavy (non-hydrogen) atoms. The summed E-state index contributed by atoms with van der Waals surface area (Å²) >= 11 is 0. The lowest BCUT2D eigenvalue weighted by Gasteiger charge is -2.17. The van der Waals surface area contributed by atoms with Gasteiger partial charge in [0.15, 0.2) is 11.5 Å². The lowest BCUT2D eigenvalue weighted by molar-refractivity contribution is -0.121. The van der Waals surface area contributed by atoms with Gasteiger partial charge in [-0.2, -0.15) is 5.26 Å². The van der Waals surface area contributed by atoms with E-state index >= 15 is 0 Å². The van der Waals surface area contributed by atoms with E-state index in [2.05, 4.69) is 15.5 Å². The Hall–Kier alpha value is -3.12. The number of rotatable bonds is 5. The zero-order valence-corrected chi connectivity index (χ0v) is 14.2. The number of anilines is 1. The predicted molar refractivity (Wildman–Crippen MR) is 92.0 cm³/mol. The first-order chi connectivity index (χ1) is 13.0. The van der Waals surface area contributed by atoms with Crippen molar-refractivity contribution in [2.45, 2.75) is 25.0 Å². The van der Waals surface area contributed by atoms with E-state index in [1.54, 1.807) is 11.0 Å². The minimum absolute atomic E-state index is 0.0312. The topological polar surface area (TPSA) is 102 Å². The van der Waals surface area contributed by atoms with E-state index in [1.165, 1.54) is 30.3 Å². The molecule has 0 spiro atoms. The van der Waals surface area contributed by atoms with Gasteiger partial charge in [0.05, 0.1) is 18.6 Å². The standard InChI is InChI=1S/C18H17F2N5O2/c19-18(20)12-3-1-11(2-4-12)7-17(27)22-14-9-25(10-15(14)26)16-6-5-13(8-21)23-24-16/h1-6,14-15,18,26H,7,9-10H2,(H,22,27)/t14-,15+/m0/s1. The maximum Gasteiger partial charge on any atom is 0.263 e. The molecule has 3 rings (SSSR count). The van der Waals surface area contributed by atoms with Crippen LogP contribution in [0, 0.1) is 11.3 Å². The van der Waals surface area contributed by atoms with E-state index in [-0.39, 0.29) is 30.1 Å². The number of aromatic nitrogens is 2. The van der Waals surface area contributed by atoms with Gasteiger partial charge in [-0.05, 0) is 17.7 Å². The van der Waals surface area contributed by atoms with Crippen molar-refractivity contribution in [2.75, 3.05) is 18.0 Å². The summed E-state index contributed by atoms with van der Waals surface area (Å²) in [4.78, 5) is 14.0. The number of aliphatic hydroxyl groups excluding tert-OH is 1. The van der Waals surface area contributed by atoms with Crippen molar-refractivity contribution in [3.63, 3.8) is 0 Å². The lowest BCUT2D eigenvalue weighted by atomic mass is 10.1. The molecule has 1 aliphatic rings. The number of hydrogen-bond acceptors (Lipinski definition) is 6. The molecule has 1 aliphatic heterocycles. The SMILES string of the molecule is N#Cc1ccc(N2C[C@@H](O)[C@@H](NC(=O)Cc3ccc(C(F)F)cc3)C2)nn1. The Balaban J connectivity index is 1.56. The van der Waals surface area contributed by atoms with Crippen LogP contribution in [-0.4, -0.2) is 46.4 Å². The van der Waals surface area contributed by atoms with Gasteiger partial charge in [0.1, 0.15) is 6.07 Å². The molecule has 0 saturated carbocycles. The van der Waals surface area contributed by atoms with E-state index < -0.39 is 18.6 Å². The van der Waals surface area contributed by atoms with Crippen molar-refractivity contribution in [3.05, 3.63) is 53.2 Å². The van der Waals surface area contributed by atoms with Gasteiger partial charge in [0.2, 0.25) is 5.91 Å². The Morgan fingerprint density at radius 2 is 2.00 bits per heavy atom. The molecule has 1 amide bonds. The monoisotopic (exact) mass is 373 g/mol. The van der Waals surface area contributed by atoms with E-state index in [9.17, 15) is 18.7 Å². The molecule has 0 radical (unpaired) electrons. The number of aliphatic hydroxyl groups is 1. The summed E-state index contributed by atoms with van der Waals surface area (Å²) in [6.45, 7) is 0.617. The zero-order valence-electron chi connectivity index (χ0n) is 14.2. The van der Waals surface area contributed by atoms with Crippen LogP contribution in [0.15, 0.2) is 36.4 Å². The van der Waals surface area contributed by atoms with Gasteiger partial charge in [-0.1, -0.05) is 24.3 Å². The fourth-order valence-corrected chi connectivity index (χ4v) is 2.89. The molecule has 1 fully saturated rings. The molecule has 2 aromatic rings. The van der Waals surface area contributed by atoms with Gasteiger partial charge in [-0.15, -0.1) is 10.2 Å². The van der Waals surface area contributed by atoms with Crippen LogP contribution in [0.2, 0.25) is 0 Å². The summed E-state index contributed by atoms with van der Waals surface area (Å²) in [7, 11) is 0. The van der Waals surface area contributed by atoms with Crippen LogP contribution in [0.3, 0.4) is 0 Å². The lowest BCUT2D eigenvalue weighted by Crippen LogP contribution is -2.43. The number of benzene rings is 1. The summed E-state index contributed by atoms with van der Waals surface area (Å²) in [5.74, 6) is 0.198. The first kappa shape index (κ1) is 18.7. The molecular weight excluding hydrogens is 356 g/mol. The van der Waals surface area contributed by atoms with Gasteiger partial charge < -0.3 is 15.3 Å². The average molecular weight is 373 g/mol. The molecule has 9 heteroatoms. The smallest absolute Gasteiger partial charge is 0.263 e. The summed E-state index contributed by atoms with van der Waals surface area (Å²) in [6.07, 6.45) is -3.30. The normalized spacial score (nSPS) is 19.1. The van der Waals surface area contributed by atoms with Gasteiger partial charge in [-0.3, -0.25) is 4.79 Å². The van der Waals surface area contributed by atoms with Crippen LogP contribution in [0.4, 0.5) is 14.6 Å². The van der Waals surface area contributed by atoms with Crippen molar-refractivity contribution < 1.29 is 18.7 Å². The van der Waals surface area contributed by atoms with Gasteiger partial charge in [0, 0.05) is 18.7 Å². The number of alkyl halides is 2. The fraction of sp³-hybridized carbons (Fsp3) is 0.333. The number of halogens is 2. The second-order valence-corrected chi connectivity index (χ2v) is 6.25. The number of nitrogens with one attached hydrogen (secondary N) is 1. The molecule has 0 bridgehead atoms. The second-order valence-electron chi connectivity index (χ2n) is 6.25. The highest BCUT2D eigenvalue weighted by atomic mass is 19.3. The van der Waals surface area contributed by atoms with Crippen molar-refractivity contribution >= 4 is 11.7 Å².